The number of amides is 1. The van der Waals surface area contributed by atoms with Crippen LogP contribution in [0.3, 0.4) is 0 Å². The lowest BCUT2D eigenvalue weighted by Gasteiger charge is -2.17. The summed E-state index contributed by atoms with van der Waals surface area (Å²) in [6.07, 6.45) is 4.30. The van der Waals surface area contributed by atoms with Gasteiger partial charge in [-0.1, -0.05) is 19.1 Å². The molecule has 1 atom stereocenters. The van der Waals surface area contributed by atoms with Crippen LogP contribution in [0.25, 0.3) is 0 Å². The molecule has 1 heterocycles. The van der Waals surface area contributed by atoms with Crippen molar-refractivity contribution in [2.24, 2.45) is 5.73 Å². The van der Waals surface area contributed by atoms with Gasteiger partial charge in [-0.05, 0) is 41.8 Å². The lowest BCUT2D eigenvalue weighted by Crippen LogP contribution is -2.28. The summed E-state index contributed by atoms with van der Waals surface area (Å²) in [4.78, 5) is 16.2. The van der Waals surface area contributed by atoms with Crippen molar-refractivity contribution in [2.75, 3.05) is 0 Å². The number of carbonyl (C=O) groups is 1. The second-order valence-corrected chi connectivity index (χ2v) is 4.62. The van der Waals surface area contributed by atoms with Gasteiger partial charge < -0.3 is 11.1 Å². The van der Waals surface area contributed by atoms with Gasteiger partial charge in [-0.15, -0.1) is 0 Å². The molecule has 4 nitrogen and oxygen atoms in total. The Kier molecular flexibility index (Phi) is 4.85. The first-order valence-electron chi connectivity index (χ1n) is 6.74. The fourth-order valence-corrected chi connectivity index (χ4v) is 2.05. The number of hydrogen-bond acceptors (Lipinski definition) is 3. The predicted octanol–water partition coefficient (Wildman–Crippen LogP) is 2.42. The van der Waals surface area contributed by atoms with E-state index in [1.54, 1.807) is 24.5 Å². The van der Waals surface area contributed by atoms with Crippen molar-refractivity contribution in [3.8, 4) is 0 Å². The van der Waals surface area contributed by atoms with Crippen LogP contribution in [0.15, 0.2) is 48.8 Å². The standard InChI is InChI=1S/C16H19N3O/c1-2-15(13-7-9-18-10-8-13)19-16(20)14-5-3-12(11-17)4-6-14/h3-10,15H,2,11,17H2,1H3,(H,19,20). The lowest BCUT2D eigenvalue weighted by atomic mass is 10.0. The summed E-state index contributed by atoms with van der Waals surface area (Å²) in [7, 11) is 0. The van der Waals surface area contributed by atoms with E-state index < -0.39 is 0 Å². The van der Waals surface area contributed by atoms with Crippen LogP contribution in [0.4, 0.5) is 0 Å². The molecule has 2 rings (SSSR count). The molecule has 1 aromatic carbocycles. The van der Waals surface area contributed by atoms with Crippen molar-refractivity contribution >= 4 is 5.91 Å². The van der Waals surface area contributed by atoms with Gasteiger partial charge >= 0.3 is 0 Å². The SMILES string of the molecule is CCC(NC(=O)c1ccc(CN)cc1)c1ccncc1. The third kappa shape index (κ3) is 3.42. The summed E-state index contributed by atoms with van der Waals surface area (Å²) in [5, 5.41) is 3.04. The van der Waals surface area contributed by atoms with Gasteiger partial charge in [0.25, 0.3) is 5.91 Å². The number of benzene rings is 1. The molecule has 0 spiro atoms. The van der Waals surface area contributed by atoms with E-state index in [-0.39, 0.29) is 11.9 Å². The van der Waals surface area contributed by atoms with E-state index in [1.807, 2.05) is 31.2 Å². The molecule has 1 aromatic heterocycles. The van der Waals surface area contributed by atoms with Crippen molar-refractivity contribution in [3.05, 3.63) is 65.5 Å². The third-order valence-corrected chi connectivity index (χ3v) is 3.27. The Bertz CT molecular complexity index is 552. The molecule has 0 radical (unpaired) electrons. The van der Waals surface area contributed by atoms with E-state index in [0.717, 1.165) is 17.5 Å². The summed E-state index contributed by atoms with van der Waals surface area (Å²) in [6, 6.07) is 11.2. The molecule has 1 amide bonds. The van der Waals surface area contributed by atoms with Crippen LogP contribution in [0.5, 0.6) is 0 Å². The molecule has 3 N–H and O–H groups in total. The maximum absolute atomic E-state index is 12.2. The van der Waals surface area contributed by atoms with Crippen molar-refractivity contribution in [2.45, 2.75) is 25.9 Å². The van der Waals surface area contributed by atoms with Crippen LogP contribution in [-0.2, 0) is 6.54 Å². The van der Waals surface area contributed by atoms with Crippen molar-refractivity contribution in [1.82, 2.24) is 10.3 Å². The van der Waals surface area contributed by atoms with E-state index in [1.165, 1.54) is 0 Å². The van der Waals surface area contributed by atoms with Crippen LogP contribution in [0.2, 0.25) is 0 Å². The summed E-state index contributed by atoms with van der Waals surface area (Å²) in [5.41, 5.74) is 8.28. The lowest BCUT2D eigenvalue weighted by molar-refractivity contribution is 0.0935. The summed E-state index contributed by atoms with van der Waals surface area (Å²) < 4.78 is 0. The fourth-order valence-electron chi connectivity index (χ4n) is 2.05. The van der Waals surface area contributed by atoms with Crippen LogP contribution in [0.1, 0.15) is 40.9 Å². The number of rotatable bonds is 5. The first-order chi connectivity index (χ1) is 9.74. The van der Waals surface area contributed by atoms with E-state index in [9.17, 15) is 4.79 Å². The highest BCUT2D eigenvalue weighted by Gasteiger charge is 2.13. The largest absolute Gasteiger partial charge is 0.345 e. The van der Waals surface area contributed by atoms with E-state index >= 15 is 0 Å². The van der Waals surface area contributed by atoms with E-state index in [4.69, 9.17) is 5.73 Å². The first kappa shape index (κ1) is 14.2. The van der Waals surface area contributed by atoms with Gasteiger partial charge in [-0.2, -0.15) is 0 Å². The molecule has 4 heteroatoms. The molecular formula is C16H19N3O. The van der Waals surface area contributed by atoms with Gasteiger partial charge in [0.2, 0.25) is 0 Å². The fraction of sp³-hybridized carbons (Fsp3) is 0.250. The van der Waals surface area contributed by atoms with Gasteiger partial charge in [0.05, 0.1) is 6.04 Å². The van der Waals surface area contributed by atoms with Crippen LogP contribution in [0, 0.1) is 0 Å². The molecule has 0 aliphatic carbocycles. The second kappa shape index (κ2) is 6.82. The van der Waals surface area contributed by atoms with Crippen molar-refractivity contribution in [1.29, 1.82) is 0 Å². The van der Waals surface area contributed by atoms with Gasteiger partial charge in [-0.25, -0.2) is 0 Å². The zero-order valence-electron chi connectivity index (χ0n) is 11.5. The average molecular weight is 269 g/mol. The average Bonchev–Trinajstić information content (AvgIpc) is 2.53. The van der Waals surface area contributed by atoms with E-state index in [0.29, 0.717) is 12.1 Å². The molecule has 0 saturated heterocycles. The monoisotopic (exact) mass is 269 g/mol. The first-order valence-corrected chi connectivity index (χ1v) is 6.74. The smallest absolute Gasteiger partial charge is 0.251 e. The Balaban J connectivity index is 2.09. The van der Waals surface area contributed by atoms with Gasteiger partial charge in [0.15, 0.2) is 0 Å². The molecule has 0 fully saturated rings. The van der Waals surface area contributed by atoms with Crippen molar-refractivity contribution in [3.63, 3.8) is 0 Å². The Hall–Kier alpha value is -2.20. The maximum Gasteiger partial charge on any atom is 0.251 e. The van der Waals surface area contributed by atoms with Gasteiger partial charge in [0, 0.05) is 24.5 Å². The summed E-state index contributed by atoms with van der Waals surface area (Å²) in [6.45, 7) is 2.53. The normalized spacial score (nSPS) is 11.9. The van der Waals surface area contributed by atoms with Crippen molar-refractivity contribution < 1.29 is 4.79 Å². The number of nitrogens with one attached hydrogen (secondary N) is 1. The molecule has 0 aliphatic rings. The molecule has 0 saturated carbocycles. The zero-order chi connectivity index (χ0) is 14.4. The van der Waals surface area contributed by atoms with Crippen LogP contribution >= 0.6 is 0 Å². The number of nitrogens with two attached hydrogens (primary N) is 1. The molecule has 1 unspecified atom stereocenters. The minimum Gasteiger partial charge on any atom is -0.345 e. The van der Waals surface area contributed by atoms with Gasteiger partial charge in [-0.3, -0.25) is 9.78 Å². The quantitative estimate of drug-likeness (QED) is 0.876. The van der Waals surface area contributed by atoms with Gasteiger partial charge in [0.1, 0.15) is 0 Å². The predicted molar refractivity (Wildman–Crippen MR) is 79.1 cm³/mol. The second-order valence-electron chi connectivity index (χ2n) is 4.62. The summed E-state index contributed by atoms with van der Waals surface area (Å²) >= 11 is 0. The number of nitrogens with zero attached hydrogens (tertiary/aromatic N) is 1. The highest BCUT2D eigenvalue weighted by molar-refractivity contribution is 5.94. The minimum absolute atomic E-state index is 0.000292. The van der Waals surface area contributed by atoms with Crippen LogP contribution in [-0.4, -0.2) is 10.9 Å². The number of aromatic nitrogens is 1. The number of hydrogen-bond donors (Lipinski definition) is 2. The minimum atomic E-state index is -0.0720. The molecule has 104 valence electrons. The Morgan fingerprint density at radius 3 is 2.40 bits per heavy atom. The third-order valence-electron chi connectivity index (χ3n) is 3.27. The van der Waals surface area contributed by atoms with Crippen LogP contribution < -0.4 is 11.1 Å². The highest BCUT2D eigenvalue weighted by atomic mass is 16.1. The zero-order valence-corrected chi connectivity index (χ0v) is 11.5. The molecular weight excluding hydrogens is 250 g/mol. The molecule has 0 aliphatic heterocycles. The topological polar surface area (TPSA) is 68.0 Å². The number of pyridine rings is 1. The van der Waals surface area contributed by atoms with E-state index in [2.05, 4.69) is 10.3 Å². The molecule has 0 bridgehead atoms. The number of carbonyl (C=O) groups excluding carboxylic acids is 1. The Morgan fingerprint density at radius 1 is 1.20 bits per heavy atom. The Morgan fingerprint density at radius 2 is 1.85 bits per heavy atom. The molecule has 2 aromatic rings. The maximum atomic E-state index is 12.2. The Labute approximate surface area is 119 Å². The summed E-state index contributed by atoms with van der Waals surface area (Å²) in [5.74, 6) is -0.0720. The highest BCUT2D eigenvalue weighted by Crippen LogP contribution is 2.16. The molecule has 20 heavy (non-hydrogen) atoms.